The largest absolute Gasteiger partial charge is 0.316 e. The van der Waals surface area contributed by atoms with E-state index in [0.717, 1.165) is 18.4 Å². The average molecular weight is 217 g/mol. The van der Waals surface area contributed by atoms with E-state index in [2.05, 4.69) is 50.4 Å². The molecule has 88 valence electrons. The third-order valence-electron chi connectivity index (χ3n) is 3.90. The molecule has 0 aliphatic carbocycles. The molecule has 1 fully saturated rings. The zero-order chi connectivity index (χ0) is 11.5. The fourth-order valence-electron chi connectivity index (χ4n) is 2.86. The second-order valence-electron chi connectivity index (χ2n) is 5.42. The van der Waals surface area contributed by atoms with Crippen LogP contribution in [-0.2, 0) is 0 Å². The van der Waals surface area contributed by atoms with Gasteiger partial charge in [0.2, 0.25) is 0 Å². The SMILES string of the molecule is Cc1ccc(C2CNCCC2C(C)C)cc1. The van der Waals surface area contributed by atoms with Crippen molar-refractivity contribution in [3.05, 3.63) is 35.4 Å². The Bertz CT molecular complexity index is 326. The maximum absolute atomic E-state index is 3.53. The van der Waals surface area contributed by atoms with Crippen LogP contribution < -0.4 is 5.32 Å². The predicted octanol–water partition coefficient (Wildman–Crippen LogP) is 3.34. The van der Waals surface area contributed by atoms with Crippen LogP contribution in [0.4, 0.5) is 0 Å². The molecule has 1 nitrogen and oxygen atoms in total. The standard InChI is InChI=1S/C15H23N/c1-11(2)14-8-9-16-10-15(14)13-6-4-12(3)5-7-13/h4-7,11,14-16H,8-10H2,1-3H3. The number of hydrogen-bond acceptors (Lipinski definition) is 1. The quantitative estimate of drug-likeness (QED) is 0.801. The average Bonchev–Trinajstić information content (AvgIpc) is 2.30. The lowest BCUT2D eigenvalue weighted by molar-refractivity contribution is 0.252. The summed E-state index contributed by atoms with van der Waals surface area (Å²) < 4.78 is 0. The maximum atomic E-state index is 3.53. The fraction of sp³-hybridized carbons (Fsp3) is 0.600. The van der Waals surface area contributed by atoms with Crippen LogP contribution in [0.1, 0.15) is 37.3 Å². The molecule has 0 spiro atoms. The third-order valence-corrected chi connectivity index (χ3v) is 3.90. The third kappa shape index (κ3) is 2.46. The fourth-order valence-corrected chi connectivity index (χ4v) is 2.86. The van der Waals surface area contributed by atoms with Gasteiger partial charge in [0.15, 0.2) is 0 Å². The Kier molecular flexibility index (Phi) is 3.65. The van der Waals surface area contributed by atoms with Crippen LogP contribution in [0.2, 0.25) is 0 Å². The van der Waals surface area contributed by atoms with E-state index in [1.54, 1.807) is 0 Å². The van der Waals surface area contributed by atoms with Crippen LogP contribution in [0.25, 0.3) is 0 Å². The Morgan fingerprint density at radius 1 is 1.19 bits per heavy atom. The summed E-state index contributed by atoms with van der Waals surface area (Å²) in [6.45, 7) is 9.20. The Hall–Kier alpha value is -0.820. The highest BCUT2D eigenvalue weighted by atomic mass is 14.9. The molecule has 0 radical (unpaired) electrons. The molecule has 16 heavy (non-hydrogen) atoms. The van der Waals surface area contributed by atoms with Gasteiger partial charge in [-0.25, -0.2) is 0 Å². The Labute approximate surface area is 99.3 Å². The van der Waals surface area contributed by atoms with Crippen LogP contribution in [0.3, 0.4) is 0 Å². The van der Waals surface area contributed by atoms with Gasteiger partial charge in [-0.3, -0.25) is 0 Å². The summed E-state index contributed by atoms with van der Waals surface area (Å²) in [6, 6.07) is 9.09. The lowest BCUT2D eigenvalue weighted by Crippen LogP contribution is -2.37. The van der Waals surface area contributed by atoms with Crippen molar-refractivity contribution in [1.29, 1.82) is 0 Å². The Morgan fingerprint density at radius 3 is 2.50 bits per heavy atom. The summed E-state index contributed by atoms with van der Waals surface area (Å²) in [4.78, 5) is 0. The topological polar surface area (TPSA) is 12.0 Å². The summed E-state index contributed by atoms with van der Waals surface area (Å²) in [7, 11) is 0. The van der Waals surface area contributed by atoms with Crippen LogP contribution in [0.5, 0.6) is 0 Å². The molecule has 1 aromatic rings. The van der Waals surface area contributed by atoms with Crippen molar-refractivity contribution in [3.63, 3.8) is 0 Å². The summed E-state index contributed by atoms with van der Waals surface area (Å²) in [5.41, 5.74) is 2.87. The number of hydrogen-bond donors (Lipinski definition) is 1. The molecule has 1 aliphatic heterocycles. The van der Waals surface area contributed by atoms with E-state index in [9.17, 15) is 0 Å². The number of aryl methyl sites for hydroxylation is 1. The Morgan fingerprint density at radius 2 is 1.88 bits per heavy atom. The lowest BCUT2D eigenvalue weighted by Gasteiger charge is -2.35. The molecule has 1 N–H and O–H groups in total. The van der Waals surface area contributed by atoms with Gasteiger partial charge < -0.3 is 5.32 Å². The molecule has 0 bridgehead atoms. The molecule has 2 rings (SSSR count). The van der Waals surface area contributed by atoms with Crippen LogP contribution >= 0.6 is 0 Å². The zero-order valence-electron chi connectivity index (χ0n) is 10.7. The minimum Gasteiger partial charge on any atom is -0.316 e. The number of rotatable bonds is 2. The van der Waals surface area contributed by atoms with E-state index in [1.807, 2.05) is 0 Å². The lowest BCUT2D eigenvalue weighted by atomic mass is 9.75. The minimum absolute atomic E-state index is 0.703. The molecule has 2 atom stereocenters. The number of nitrogens with one attached hydrogen (secondary N) is 1. The van der Waals surface area contributed by atoms with Gasteiger partial charge in [-0.05, 0) is 43.2 Å². The first kappa shape index (κ1) is 11.7. The predicted molar refractivity (Wildman–Crippen MR) is 69.7 cm³/mol. The molecular formula is C15H23N. The van der Waals surface area contributed by atoms with Crippen molar-refractivity contribution in [1.82, 2.24) is 5.32 Å². The second-order valence-corrected chi connectivity index (χ2v) is 5.42. The van der Waals surface area contributed by atoms with Crippen LogP contribution in [-0.4, -0.2) is 13.1 Å². The van der Waals surface area contributed by atoms with Gasteiger partial charge in [-0.2, -0.15) is 0 Å². The van der Waals surface area contributed by atoms with E-state index < -0.39 is 0 Å². The van der Waals surface area contributed by atoms with E-state index >= 15 is 0 Å². The van der Waals surface area contributed by atoms with Crippen molar-refractivity contribution >= 4 is 0 Å². The smallest absolute Gasteiger partial charge is 0.00229 e. The molecule has 0 amide bonds. The number of benzene rings is 1. The van der Waals surface area contributed by atoms with E-state index in [1.165, 1.54) is 24.1 Å². The summed E-state index contributed by atoms with van der Waals surface area (Å²) in [6.07, 6.45) is 1.32. The molecule has 2 unspecified atom stereocenters. The van der Waals surface area contributed by atoms with Crippen molar-refractivity contribution in [2.75, 3.05) is 13.1 Å². The Balaban J connectivity index is 2.19. The highest BCUT2D eigenvalue weighted by Crippen LogP contribution is 2.34. The highest BCUT2D eigenvalue weighted by molar-refractivity contribution is 5.26. The first-order valence-electron chi connectivity index (χ1n) is 6.46. The summed E-state index contributed by atoms with van der Waals surface area (Å²) in [5, 5.41) is 3.53. The van der Waals surface area contributed by atoms with Crippen molar-refractivity contribution < 1.29 is 0 Å². The van der Waals surface area contributed by atoms with Gasteiger partial charge in [0.05, 0.1) is 0 Å². The normalized spacial score (nSPS) is 26.0. The molecule has 1 aromatic carbocycles. The molecule has 1 aliphatic rings. The minimum atomic E-state index is 0.703. The van der Waals surface area contributed by atoms with Gasteiger partial charge in [0.25, 0.3) is 0 Å². The van der Waals surface area contributed by atoms with Crippen molar-refractivity contribution in [3.8, 4) is 0 Å². The van der Waals surface area contributed by atoms with Crippen LogP contribution in [0.15, 0.2) is 24.3 Å². The first-order valence-corrected chi connectivity index (χ1v) is 6.46. The van der Waals surface area contributed by atoms with Gasteiger partial charge in [-0.15, -0.1) is 0 Å². The van der Waals surface area contributed by atoms with Crippen LogP contribution in [0, 0.1) is 18.8 Å². The summed E-state index contributed by atoms with van der Waals surface area (Å²) >= 11 is 0. The van der Waals surface area contributed by atoms with Gasteiger partial charge in [0.1, 0.15) is 0 Å². The highest BCUT2D eigenvalue weighted by Gasteiger charge is 2.28. The monoisotopic (exact) mass is 217 g/mol. The molecule has 1 saturated heterocycles. The van der Waals surface area contributed by atoms with E-state index in [-0.39, 0.29) is 0 Å². The van der Waals surface area contributed by atoms with Gasteiger partial charge in [-0.1, -0.05) is 43.7 Å². The maximum Gasteiger partial charge on any atom is 0.00229 e. The van der Waals surface area contributed by atoms with Crippen molar-refractivity contribution in [2.45, 2.75) is 33.1 Å². The first-order chi connectivity index (χ1) is 7.68. The molecule has 0 saturated carbocycles. The van der Waals surface area contributed by atoms with Crippen molar-refractivity contribution in [2.24, 2.45) is 11.8 Å². The molecular weight excluding hydrogens is 194 g/mol. The molecule has 1 heteroatoms. The van der Waals surface area contributed by atoms with E-state index in [4.69, 9.17) is 0 Å². The second kappa shape index (κ2) is 5.01. The van der Waals surface area contributed by atoms with Gasteiger partial charge >= 0.3 is 0 Å². The van der Waals surface area contributed by atoms with E-state index in [0.29, 0.717) is 5.92 Å². The summed E-state index contributed by atoms with van der Waals surface area (Å²) in [5.74, 6) is 2.33. The molecule has 0 aromatic heterocycles. The zero-order valence-corrected chi connectivity index (χ0v) is 10.7. The van der Waals surface area contributed by atoms with Gasteiger partial charge in [0, 0.05) is 6.54 Å². The number of piperidine rings is 1. The molecule has 1 heterocycles.